The first-order valence-corrected chi connectivity index (χ1v) is 12.1. The van der Waals surface area contributed by atoms with Crippen LogP contribution in [0, 0.1) is 0 Å². The molecule has 4 aromatic rings. The summed E-state index contributed by atoms with van der Waals surface area (Å²) in [6.45, 7) is 2.48. The van der Waals surface area contributed by atoms with Crippen LogP contribution in [0.5, 0.6) is 0 Å². The molecule has 0 radical (unpaired) electrons. The Morgan fingerprint density at radius 2 is 1.69 bits per heavy atom. The number of barbiturate groups is 1. The Kier molecular flexibility index (Phi) is 6.39. The molecule has 1 saturated heterocycles. The zero-order valence-electron chi connectivity index (χ0n) is 19.3. The van der Waals surface area contributed by atoms with E-state index < -0.39 is 17.8 Å². The summed E-state index contributed by atoms with van der Waals surface area (Å²) in [5, 5.41) is 4.24. The molecule has 180 valence electrons. The van der Waals surface area contributed by atoms with E-state index in [1.54, 1.807) is 24.3 Å². The molecular weight excluding hydrogens is 497 g/mol. The molecule has 0 bridgehead atoms. The number of nitrogens with zero attached hydrogens (tertiary/aromatic N) is 2. The second-order valence-electron chi connectivity index (χ2n) is 8.44. The topological polar surface area (TPSA) is 71.4 Å². The van der Waals surface area contributed by atoms with Crippen molar-refractivity contribution in [1.82, 2.24) is 9.88 Å². The summed E-state index contributed by atoms with van der Waals surface area (Å²) < 4.78 is 1.99. The fourth-order valence-electron chi connectivity index (χ4n) is 4.28. The number of urea groups is 1. The Morgan fingerprint density at radius 3 is 2.42 bits per heavy atom. The molecule has 1 aliphatic rings. The number of halogens is 2. The highest BCUT2D eigenvalue weighted by Gasteiger charge is 2.37. The third kappa shape index (κ3) is 4.41. The van der Waals surface area contributed by atoms with Gasteiger partial charge in [-0.2, -0.15) is 0 Å². The summed E-state index contributed by atoms with van der Waals surface area (Å²) in [4.78, 5) is 39.6. The Balaban J connectivity index is 1.55. The van der Waals surface area contributed by atoms with Gasteiger partial charge in [-0.1, -0.05) is 66.5 Å². The minimum Gasteiger partial charge on any atom is -0.342 e. The molecule has 0 atom stereocenters. The van der Waals surface area contributed by atoms with Crippen molar-refractivity contribution in [3.05, 3.63) is 105 Å². The van der Waals surface area contributed by atoms with Crippen molar-refractivity contribution in [2.75, 3.05) is 4.90 Å². The van der Waals surface area contributed by atoms with Gasteiger partial charge in [0.1, 0.15) is 5.57 Å². The molecule has 8 heteroatoms. The lowest BCUT2D eigenvalue weighted by Crippen LogP contribution is -2.54. The van der Waals surface area contributed by atoms with E-state index in [0.717, 1.165) is 33.4 Å². The summed E-state index contributed by atoms with van der Waals surface area (Å²) >= 11 is 12.4. The van der Waals surface area contributed by atoms with Crippen molar-refractivity contribution >= 4 is 63.7 Å². The average Bonchev–Trinajstić information content (AvgIpc) is 3.21. The number of anilines is 1. The van der Waals surface area contributed by atoms with Crippen LogP contribution in [-0.2, 0) is 22.6 Å². The van der Waals surface area contributed by atoms with Crippen molar-refractivity contribution in [1.29, 1.82) is 0 Å². The van der Waals surface area contributed by atoms with Gasteiger partial charge in [-0.3, -0.25) is 14.9 Å². The molecule has 36 heavy (non-hydrogen) atoms. The van der Waals surface area contributed by atoms with Gasteiger partial charge in [-0.15, -0.1) is 0 Å². The highest BCUT2D eigenvalue weighted by molar-refractivity contribution is 6.39. The lowest BCUT2D eigenvalue weighted by atomic mass is 10.1. The smallest absolute Gasteiger partial charge is 0.335 e. The highest BCUT2D eigenvalue weighted by Crippen LogP contribution is 2.29. The van der Waals surface area contributed by atoms with Gasteiger partial charge in [0.05, 0.1) is 5.69 Å². The Morgan fingerprint density at radius 1 is 0.944 bits per heavy atom. The summed E-state index contributed by atoms with van der Waals surface area (Å²) in [5.74, 6) is -1.41. The number of carbonyl (C=O) groups excluding carboxylic acids is 3. The molecule has 3 aromatic carbocycles. The van der Waals surface area contributed by atoms with E-state index in [-0.39, 0.29) is 5.57 Å². The molecule has 1 N–H and O–H groups in total. The normalized spacial score (nSPS) is 15.1. The number of rotatable bonds is 5. The highest BCUT2D eigenvalue weighted by atomic mass is 35.5. The van der Waals surface area contributed by atoms with Crippen LogP contribution < -0.4 is 10.2 Å². The van der Waals surface area contributed by atoms with E-state index in [2.05, 4.69) is 5.32 Å². The SMILES string of the molecule is CCc1ccc(N2C(=O)NC(=O)/C(=C/c3cn(Cc4ccc(Cl)cc4Cl)c4ccccc34)C2=O)cc1. The number of nitrogens with one attached hydrogen (secondary N) is 1. The van der Waals surface area contributed by atoms with Gasteiger partial charge >= 0.3 is 6.03 Å². The molecule has 1 aromatic heterocycles. The molecule has 0 unspecified atom stereocenters. The fraction of sp³-hybridized carbons (Fsp3) is 0.107. The molecule has 5 rings (SSSR count). The van der Waals surface area contributed by atoms with Crippen LogP contribution in [-0.4, -0.2) is 22.4 Å². The van der Waals surface area contributed by atoms with Crippen LogP contribution in [0.4, 0.5) is 10.5 Å². The summed E-state index contributed by atoms with van der Waals surface area (Å²) in [5.41, 5.74) is 3.80. The second-order valence-corrected chi connectivity index (χ2v) is 9.29. The lowest BCUT2D eigenvalue weighted by molar-refractivity contribution is -0.122. The number of fused-ring (bicyclic) bond motifs is 1. The zero-order valence-corrected chi connectivity index (χ0v) is 20.8. The average molecular weight is 518 g/mol. The van der Waals surface area contributed by atoms with E-state index in [4.69, 9.17) is 23.2 Å². The predicted molar refractivity (Wildman–Crippen MR) is 142 cm³/mol. The van der Waals surface area contributed by atoms with Gasteiger partial charge in [0, 0.05) is 39.3 Å². The predicted octanol–water partition coefficient (Wildman–Crippen LogP) is 6.23. The molecule has 0 aliphatic carbocycles. The number of hydrogen-bond donors (Lipinski definition) is 1. The maximum atomic E-state index is 13.4. The molecule has 6 nitrogen and oxygen atoms in total. The minimum absolute atomic E-state index is 0.124. The van der Waals surface area contributed by atoms with Crippen LogP contribution in [0.1, 0.15) is 23.6 Å². The summed E-state index contributed by atoms with van der Waals surface area (Å²) in [7, 11) is 0. The molecule has 1 aliphatic heterocycles. The molecule has 4 amide bonds. The third-order valence-electron chi connectivity index (χ3n) is 6.18. The van der Waals surface area contributed by atoms with Crippen LogP contribution in [0.15, 0.2) is 78.5 Å². The fourth-order valence-corrected chi connectivity index (χ4v) is 4.75. The Bertz CT molecular complexity index is 1550. The molecule has 1 fully saturated rings. The van der Waals surface area contributed by atoms with E-state index in [9.17, 15) is 14.4 Å². The van der Waals surface area contributed by atoms with E-state index in [1.165, 1.54) is 6.08 Å². The van der Waals surface area contributed by atoms with E-state index >= 15 is 0 Å². The Hall–Kier alpha value is -3.87. The zero-order chi connectivity index (χ0) is 25.4. The summed E-state index contributed by atoms with van der Waals surface area (Å²) in [6, 6.07) is 19.3. The monoisotopic (exact) mass is 517 g/mol. The number of imide groups is 2. The standard InChI is InChI=1S/C28H21Cl2N3O3/c1-2-17-7-11-21(12-8-17)33-27(35)23(26(34)31-28(33)36)13-19-16-32(25-6-4-3-5-22(19)25)15-18-9-10-20(29)14-24(18)30/h3-14,16H,2,15H2,1H3,(H,31,34,36)/b23-13-. The molecule has 2 heterocycles. The number of para-hydroxylation sites is 1. The van der Waals surface area contributed by atoms with Crippen molar-refractivity contribution in [3.63, 3.8) is 0 Å². The van der Waals surface area contributed by atoms with Gasteiger partial charge in [0.25, 0.3) is 11.8 Å². The first kappa shape index (κ1) is 23.9. The molecular formula is C28H21Cl2N3O3. The van der Waals surface area contributed by atoms with Crippen LogP contribution in [0.3, 0.4) is 0 Å². The number of hydrogen-bond acceptors (Lipinski definition) is 3. The minimum atomic E-state index is -0.772. The maximum Gasteiger partial charge on any atom is 0.335 e. The van der Waals surface area contributed by atoms with Crippen molar-refractivity contribution in [3.8, 4) is 0 Å². The van der Waals surface area contributed by atoms with Gasteiger partial charge in [-0.05, 0) is 54.0 Å². The number of benzene rings is 3. The molecule has 0 spiro atoms. The first-order valence-electron chi connectivity index (χ1n) is 11.4. The third-order valence-corrected chi connectivity index (χ3v) is 6.77. The van der Waals surface area contributed by atoms with Gasteiger partial charge < -0.3 is 4.57 Å². The van der Waals surface area contributed by atoms with Crippen molar-refractivity contribution in [2.45, 2.75) is 19.9 Å². The van der Waals surface area contributed by atoms with Crippen LogP contribution in [0.2, 0.25) is 10.0 Å². The second kappa shape index (κ2) is 9.64. The quantitative estimate of drug-likeness (QED) is 0.252. The maximum absolute atomic E-state index is 13.4. The molecule has 0 saturated carbocycles. The van der Waals surface area contributed by atoms with Crippen molar-refractivity contribution < 1.29 is 14.4 Å². The van der Waals surface area contributed by atoms with Gasteiger partial charge in [0.15, 0.2) is 0 Å². The van der Waals surface area contributed by atoms with Gasteiger partial charge in [0.2, 0.25) is 0 Å². The Labute approximate surface area is 217 Å². The largest absolute Gasteiger partial charge is 0.342 e. The first-order chi connectivity index (χ1) is 17.4. The van der Waals surface area contributed by atoms with Crippen LogP contribution >= 0.6 is 23.2 Å². The number of carbonyl (C=O) groups is 3. The van der Waals surface area contributed by atoms with E-state index in [1.807, 2.05) is 60.2 Å². The lowest BCUT2D eigenvalue weighted by Gasteiger charge is -2.26. The number of amides is 4. The number of aromatic nitrogens is 1. The summed E-state index contributed by atoms with van der Waals surface area (Å²) in [6.07, 6.45) is 4.22. The van der Waals surface area contributed by atoms with Gasteiger partial charge in [-0.25, -0.2) is 9.69 Å². The number of aryl methyl sites for hydroxylation is 1. The van der Waals surface area contributed by atoms with Crippen LogP contribution in [0.25, 0.3) is 17.0 Å². The van der Waals surface area contributed by atoms with Crippen molar-refractivity contribution in [2.24, 2.45) is 0 Å². The van der Waals surface area contributed by atoms with E-state index in [0.29, 0.717) is 27.8 Å².